The Balaban J connectivity index is 2.28. The van der Waals surface area contributed by atoms with Gasteiger partial charge in [0, 0.05) is 55.7 Å². The summed E-state index contributed by atoms with van der Waals surface area (Å²) in [6, 6.07) is 12.3. The molecule has 0 bridgehead atoms. The van der Waals surface area contributed by atoms with Crippen molar-refractivity contribution in [2.24, 2.45) is 10.7 Å². The number of carbonyl (C=O) groups is 5. The van der Waals surface area contributed by atoms with E-state index in [0.29, 0.717) is 17.7 Å². The maximum Gasteiger partial charge on any atom is 0.311 e. The quantitative estimate of drug-likeness (QED) is 0.0742. The Hall–Kier alpha value is -4.59. The molecule has 5 N–H and O–H groups in total. The van der Waals surface area contributed by atoms with Crippen molar-refractivity contribution in [2.75, 3.05) is 25.6 Å². The second-order valence-corrected chi connectivity index (χ2v) is 12.7. The SMILES string of the molecule is CCCC(=O)Oc1ccc(C[C@H](N=C(C)N)C(=O)N[C@H](CCS(C)=O)C(=O)N[C@@H](Cc2ccccc2)C(=O)N(C)CCC(=O)O)cc1. The molecule has 3 amide bonds. The van der Waals surface area contributed by atoms with Crippen LogP contribution in [-0.2, 0) is 47.6 Å². The van der Waals surface area contributed by atoms with Crippen LogP contribution < -0.4 is 21.1 Å². The number of benzene rings is 2. The van der Waals surface area contributed by atoms with Crippen LogP contribution in [0.15, 0.2) is 59.6 Å². The topological polar surface area (TPSA) is 198 Å². The third-order valence-electron chi connectivity index (χ3n) is 6.96. The summed E-state index contributed by atoms with van der Waals surface area (Å²) in [7, 11) is 0.163. The summed E-state index contributed by atoms with van der Waals surface area (Å²) in [6.07, 6.45) is 2.39. The number of aliphatic imine (C=N–C) groups is 1. The number of ether oxygens (including phenoxy) is 1. The van der Waals surface area contributed by atoms with Crippen molar-refractivity contribution >= 4 is 46.3 Å². The summed E-state index contributed by atoms with van der Waals surface area (Å²) in [4.78, 5) is 69.0. The van der Waals surface area contributed by atoms with E-state index in [9.17, 15) is 28.2 Å². The minimum Gasteiger partial charge on any atom is -0.481 e. The average molecular weight is 672 g/mol. The fraction of sp³-hybridized carbons (Fsp3) is 0.455. The molecule has 0 saturated carbocycles. The summed E-state index contributed by atoms with van der Waals surface area (Å²) < 4.78 is 17.3. The Labute approximate surface area is 277 Å². The number of esters is 1. The molecule has 14 heteroatoms. The number of hydrogen-bond acceptors (Lipinski definition) is 8. The molecule has 0 spiro atoms. The molecule has 2 aromatic carbocycles. The molecule has 13 nitrogen and oxygen atoms in total. The number of carbonyl (C=O) groups excluding carboxylic acids is 4. The van der Waals surface area contributed by atoms with Crippen LogP contribution in [0.2, 0.25) is 0 Å². The zero-order valence-electron chi connectivity index (χ0n) is 27.3. The number of amidine groups is 1. The van der Waals surface area contributed by atoms with Gasteiger partial charge in [-0.05, 0) is 43.0 Å². The Morgan fingerprint density at radius 2 is 1.55 bits per heavy atom. The highest BCUT2D eigenvalue weighted by Gasteiger charge is 2.31. The van der Waals surface area contributed by atoms with E-state index >= 15 is 0 Å². The minimum atomic E-state index is -1.29. The first-order valence-corrected chi connectivity index (χ1v) is 17.0. The fourth-order valence-corrected chi connectivity index (χ4v) is 5.10. The van der Waals surface area contributed by atoms with Crippen molar-refractivity contribution in [3.63, 3.8) is 0 Å². The molecule has 2 rings (SSSR count). The maximum atomic E-state index is 13.7. The summed E-state index contributed by atoms with van der Waals surface area (Å²) in [5.74, 6) is -2.60. The summed E-state index contributed by atoms with van der Waals surface area (Å²) >= 11 is 0. The zero-order chi connectivity index (χ0) is 34.9. The highest BCUT2D eigenvalue weighted by atomic mass is 32.2. The number of nitrogens with zero attached hydrogens (tertiary/aromatic N) is 2. The molecule has 0 aromatic heterocycles. The van der Waals surface area contributed by atoms with Gasteiger partial charge >= 0.3 is 11.9 Å². The summed E-state index contributed by atoms with van der Waals surface area (Å²) in [6.45, 7) is 3.34. The lowest BCUT2D eigenvalue weighted by atomic mass is 10.0. The molecule has 0 aliphatic heterocycles. The number of carboxylic acid groups (broad SMARTS) is 1. The molecular formula is C33H45N5O8S. The number of nitrogens with two attached hydrogens (primary N) is 1. The predicted molar refractivity (Wildman–Crippen MR) is 179 cm³/mol. The van der Waals surface area contributed by atoms with Crippen LogP contribution in [0.1, 0.15) is 50.7 Å². The number of hydrogen-bond donors (Lipinski definition) is 4. The van der Waals surface area contributed by atoms with Crippen molar-refractivity contribution in [1.82, 2.24) is 15.5 Å². The van der Waals surface area contributed by atoms with E-state index in [1.54, 1.807) is 48.5 Å². The molecule has 0 fully saturated rings. The molecular weight excluding hydrogens is 626 g/mol. The first kappa shape index (κ1) is 38.6. The number of carboxylic acids is 1. The van der Waals surface area contributed by atoms with Crippen LogP contribution in [-0.4, -0.2) is 93.4 Å². The predicted octanol–water partition coefficient (Wildman–Crippen LogP) is 1.59. The lowest BCUT2D eigenvalue weighted by Gasteiger charge is -2.27. The van der Waals surface area contributed by atoms with Crippen molar-refractivity contribution < 1.29 is 38.0 Å². The van der Waals surface area contributed by atoms with Crippen molar-refractivity contribution in [1.29, 1.82) is 0 Å². The van der Waals surface area contributed by atoms with Crippen molar-refractivity contribution in [2.45, 2.75) is 70.5 Å². The van der Waals surface area contributed by atoms with Crippen LogP contribution in [0.5, 0.6) is 5.75 Å². The van der Waals surface area contributed by atoms with E-state index in [4.69, 9.17) is 15.6 Å². The average Bonchev–Trinajstić information content (AvgIpc) is 3.01. The second kappa shape index (κ2) is 19.8. The van der Waals surface area contributed by atoms with Gasteiger partial charge < -0.3 is 31.1 Å². The summed E-state index contributed by atoms with van der Waals surface area (Å²) in [5.41, 5.74) is 7.29. The largest absolute Gasteiger partial charge is 0.481 e. The highest BCUT2D eigenvalue weighted by molar-refractivity contribution is 7.84. The van der Waals surface area contributed by atoms with Gasteiger partial charge in [0.1, 0.15) is 23.9 Å². The lowest BCUT2D eigenvalue weighted by Crippen LogP contribution is -2.56. The molecule has 0 saturated heterocycles. The van der Waals surface area contributed by atoms with Crippen LogP contribution in [0.3, 0.4) is 0 Å². The molecule has 0 radical (unpaired) electrons. The van der Waals surface area contributed by atoms with Crippen LogP contribution in [0.4, 0.5) is 0 Å². The Morgan fingerprint density at radius 1 is 0.936 bits per heavy atom. The zero-order valence-corrected chi connectivity index (χ0v) is 28.1. The van der Waals surface area contributed by atoms with E-state index in [-0.39, 0.29) is 56.2 Å². The van der Waals surface area contributed by atoms with Gasteiger partial charge in [-0.2, -0.15) is 0 Å². The number of nitrogens with one attached hydrogen (secondary N) is 2. The standard InChI is InChI=1S/C33H45N5O8S/c1-5-9-30(41)46-25-14-12-24(13-15-25)20-27(35-22(2)34)32(43)36-26(17-19-47(4)45)31(42)37-28(21-23-10-7-6-8-11-23)33(44)38(3)18-16-29(39)40/h6-8,10-15,26-28H,5,9,16-21H2,1-4H3,(H2,34,35)(H,36,43)(H,37,42)(H,39,40)/t26-,27+,28+,47?/m1/s1. The number of amides is 3. The molecule has 0 heterocycles. The van der Waals surface area contributed by atoms with Gasteiger partial charge in [0.05, 0.1) is 12.3 Å². The van der Waals surface area contributed by atoms with Gasteiger partial charge in [0.15, 0.2) is 0 Å². The van der Waals surface area contributed by atoms with E-state index < -0.39 is 52.6 Å². The summed E-state index contributed by atoms with van der Waals surface area (Å²) in [5, 5.41) is 14.5. The number of likely N-dealkylation sites (N-methyl/N-ethyl adjacent to an activating group) is 1. The monoisotopic (exact) mass is 671 g/mol. The first-order chi connectivity index (χ1) is 22.3. The first-order valence-electron chi connectivity index (χ1n) is 15.3. The van der Waals surface area contributed by atoms with Gasteiger partial charge in [-0.15, -0.1) is 0 Å². The van der Waals surface area contributed by atoms with Crippen molar-refractivity contribution in [3.05, 3.63) is 65.7 Å². The van der Waals surface area contributed by atoms with Gasteiger partial charge in [-0.25, -0.2) is 0 Å². The van der Waals surface area contributed by atoms with Gasteiger partial charge in [0.25, 0.3) is 0 Å². The minimum absolute atomic E-state index is 0.0116. The smallest absolute Gasteiger partial charge is 0.311 e. The molecule has 2 aromatic rings. The number of aliphatic carboxylic acids is 1. The Kier molecular flexibility index (Phi) is 16.3. The van der Waals surface area contributed by atoms with Crippen LogP contribution >= 0.6 is 0 Å². The highest BCUT2D eigenvalue weighted by Crippen LogP contribution is 2.16. The van der Waals surface area contributed by atoms with E-state index in [2.05, 4.69) is 15.6 Å². The normalized spacial score (nSPS) is 13.8. The Morgan fingerprint density at radius 3 is 2.13 bits per heavy atom. The molecule has 1 unspecified atom stereocenters. The Bertz CT molecular complexity index is 1410. The molecule has 4 atom stereocenters. The van der Waals surface area contributed by atoms with Gasteiger partial charge in [0.2, 0.25) is 17.7 Å². The van der Waals surface area contributed by atoms with Crippen LogP contribution in [0.25, 0.3) is 0 Å². The van der Waals surface area contributed by atoms with E-state index in [0.717, 1.165) is 5.56 Å². The number of rotatable bonds is 19. The maximum absolute atomic E-state index is 13.7. The van der Waals surface area contributed by atoms with Gasteiger partial charge in [-0.1, -0.05) is 49.4 Å². The molecule has 256 valence electrons. The third-order valence-corrected chi connectivity index (χ3v) is 7.77. The second-order valence-electron chi connectivity index (χ2n) is 11.1. The fourth-order valence-electron chi connectivity index (χ4n) is 4.53. The van der Waals surface area contributed by atoms with E-state index in [1.165, 1.54) is 25.1 Å². The molecule has 47 heavy (non-hydrogen) atoms. The molecule has 0 aliphatic carbocycles. The van der Waals surface area contributed by atoms with E-state index in [1.807, 2.05) is 13.0 Å². The van der Waals surface area contributed by atoms with Crippen molar-refractivity contribution in [3.8, 4) is 5.75 Å². The van der Waals surface area contributed by atoms with Gasteiger partial charge in [-0.3, -0.25) is 33.2 Å². The molecule has 0 aliphatic rings. The van der Waals surface area contributed by atoms with Crippen LogP contribution in [0, 0.1) is 0 Å². The lowest BCUT2D eigenvalue weighted by molar-refractivity contribution is -0.140. The third kappa shape index (κ3) is 14.6.